The summed E-state index contributed by atoms with van der Waals surface area (Å²) in [5.41, 5.74) is 10.7. The molecule has 6 aromatic rings. The summed E-state index contributed by atoms with van der Waals surface area (Å²) in [6, 6.07) is 44.7. The van der Waals surface area contributed by atoms with Crippen molar-refractivity contribution in [1.29, 1.82) is 0 Å². The molecule has 0 N–H and O–H groups in total. The maximum absolute atomic E-state index is 2.64. The van der Waals surface area contributed by atoms with Crippen LogP contribution in [0.2, 0.25) is 0 Å². The summed E-state index contributed by atoms with van der Waals surface area (Å²) in [5.74, 6) is 0. The summed E-state index contributed by atoms with van der Waals surface area (Å²) in [6.07, 6.45) is 0. The van der Waals surface area contributed by atoms with E-state index < -0.39 is 0 Å². The summed E-state index contributed by atoms with van der Waals surface area (Å²) in [4.78, 5) is 2.64. The first-order chi connectivity index (χ1) is 16.9. The van der Waals surface area contributed by atoms with Crippen LogP contribution in [0.3, 0.4) is 0 Å². The van der Waals surface area contributed by atoms with Gasteiger partial charge in [0.2, 0.25) is 0 Å². The van der Waals surface area contributed by atoms with Gasteiger partial charge in [-0.3, -0.25) is 0 Å². The summed E-state index contributed by atoms with van der Waals surface area (Å²) in [5, 5.41) is 5.16. The van der Waals surface area contributed by atoms with Crippen LogP contribution < -0.4 is 15.7 Å². The monoisotopic (exact) mass is 429 g/mol. The Labute approximate surface area is 199 Å². The number of hydrogen-bond acceptors (Lipinski definition) is 1. The molecule has 0 radical (unpaired) electrons. The van der Waals surface area contributed by atoms with Gasteiger partial charge in [-0.15, -0.1) is 0 Å². The van der Waals surface area contributed by atoms with E-state index in [1.807, 2.05) is 0 Å². The van der Waals surface area contributed by atoms with Gasteiger partial charge in [0.25, 0.3) is 0 Å². The summed E-state index contributed by atoms with van der Waals surface area (Å²) < 4.78 is 0. The second-order valence-corrected chi connectivity index (χ2v) is 9.31. The van der Waals surface area contributed by atoms with Crippen LogP contribution in [0, 0.1) is 0 Å². The lowest BCUT2D eigenvalue weighted by atomic mass is 9.43. The lowest BCUT2D eigenvalue weighted by Gasteiger charge is -2.44. The molecule has 1 nitrogen and oxygen atoms in total. The fourth-order valence-electron chi connectivity index (χ4n) is 6.24. The molecule has 0 spiro atoms. The third-order valence-corrected chi connectivity index (χ3v) is 7.63. The lowest BCUT2D eigenvalue weighted by molar-refractivity contribution is 1.38. The summed E-state index contributed by atoms with van der Waals surface area (Å²) >= 11 is 0. The van der Waals surface area contributed by atoms with Crippen LogP contribution >= 0.6 is 0 Å². The van der Waals surface area contributed by atoms with Crippen LogP contribution in [-0.4, -0.2) is 6.85 Å². The summed E-state index contributed by atoms with van der Waals surface area (Å²) in [6.45, 7) is 0.129. The molecule has 0 unspecified atom stereocenters. The third-order valence-electron chi connectivity index (χ3n) is 7.63. The van der Waals surface area contributed by atoms with E-state index in [4.69, 9.17) is 0 Å². The maximum atomic E-state index is 2.64. The molecule has 0 amide bonds. The van der Waals surface area contributed by atoms with Gasteiger partial charge in [0.05, 0.1) is 0 Å². The molecule has 2 aliphatic heterocycles. The molecule has 0 atom stereocenters. The second-order valence-electron chi connectivity index (χ2n) is 9.31. The highest BCUT2D eigenvalue weighted by molar-refractivity contribution is 6.93. The minimum absolute atomic E-state index is 0.129. The SMILES string of the molecule is c1ccc2c(c1)B1c3ccccc3-c3ccc4ccccc4c3N1c1c-2ccc2ccccc12. The van der Waals surface area contributed by atoms with Gasteiger partial charge in [-0.1, -0.05) is 121 Å². The van der Waals surface area contributed by atoms with E-state index in [-0.39, 0.29) is 6.85 Å². The van der Waals surface area contributed by atoms with Gasteiger partial charge in [-0.2, -0.15) is 0 Å². The number of rotatable bonds is 0. The van der Waals surface area contributed by atoms with Gasteiger partial charge < -0.3 is 4.81 Å². The van der Waals surface area contributed by atoms with Gasteiger partial charge >= 0.3 is 6.85 Å². The largest absolute Gasteiger partial charge is 0.375 e. The van der Waals surface area contributed by atoms with Gasteiger partial charge in [0.1, 0.15) is 0 Å². The van der Waals surface area contributed by atoms with Crippen LogP contribution in [0.25, 0.3) is 43.8 Å². The van der Waals surface area contributed by atoms with E-state index in [9.17, 15) is 0 Å². The van der Waals surface area contributed by atoms with E-state index in [0.717, 1.165) is 0 Å². The Hall–Kier alpha value is -4.30. The topological polar surface area (TPSA) is 3.24 Å². The van der Waals surface area contributed by atoms with E-state index in [0.29, 0.717) is 0 Å². The highest BCUT2D eigenvalue weighted by Gasteiger charge is 2.43. The molecule has 8 rings (SSSR count). The standard InChI is InChI=1S/C32H20BN/c1-3-11-23-21(9-1)17-19-27-25-13-5-7-15-29(25)33-30-16-8-6-14-26(30)28-20-18-22-10-2-4-12-24(22)32(28)34(33)31(23)27/h1-20H. The Bertz CT molecular complexity index is 1650. The predicted octanol–water partition coefficient (Wildman–Crippen LogP) is 6.90. The Morgan fingerprint density at radius 3 is 1.35 bits per heavy atom. The lowest BCUT2D eigenvalue weighted by Crippen LogP contribution is -2.59. The van der Waals surface area contributed by atoms with Crippen molar-refractivity contribution in [2.75, 3.05) is 4.81 Å². The van der Waals surface area contributed by atoms with Crippen molar-refractivity contribution in [3.05, 3.63) is 121 Å². The third kappa shape index (κ3) is 2.25. The fourth-order valence-corrected chi connectivity index (χ4v) is 6.24. The molecule has 2 heteroatoms. The van der Waals surface area contributed by atoms with Gasteiger partial charge in [-0.05, 0) is 32.8 Å². The summed E-state index contributed by atoms with van der Waals surface area (Å²) in [7, 11) is 0. The minimum Gasteiger partial charge on any atom is -0.375 e. The molecule has 0 fully saturated rings. The molecular formula is C32H20BN. The van der Waals surface area contributed by atoms with Crippen molar-refractivity contribution < 1.29 is 0 Å². The molecular weight excluding hydrogens is 409 g/mol. The van der Waals surface area contributed by atoms with Crippen LogP contribution in [0.15, 0.2) is 121 Å². The Balaban J connectivity index is 1.62. The first-order valence-corrected chi connectivity index (χ1v) is 11.9. The minimum atomic E-state index is 0.129. The molecule has 2 heterocycles. The van der Waals surface area contributed by atoms with E-state index in [2.05, 4.69) is 126 Å². The molecule has 0 saturated heterocycles. The second kappa shape index (κ2) is 6.62. The number of fused-ring (bicyclic) bond motifs is 15. The van der Waals surface area contributed by atoms with Crippen molar-refractivity contribution in [2.45, 2.75) is 0 Å². The molecule has 6 aromatic carbocycles. The van der Waals surface area contributed by atoms with Gasteiger partial charge in [-0.25, -0.2) is 0 Å². The molecule has 0 bridgehead atoms. The number of nitrogens with zero attached hydrogens (tertiary/aromatic N) is 1. The number of hydrogen-bond donors (Lipinski definition) is 0. The molecule has 34 heavy (non-hydrogen) atoms. The van der Waals surface area contributed by atoms with Crippen molar-refractivity contribution in [2.24, 2.45) is 0 Å². The van der Waals surface area contributed by atoms with Crippen molar-refractivity contribution in [3.63, 3.8) is 0 Å². The first-order valence-electron chi connectivity index (χ1n) is 11.9. The van der Waals surface area contributed by atoms with Gasteiger partial charge in [0.15, 0.2) is 0 Å². The molecule has 2 aliphatic rings. The number of benzene rings is 6. The highest BCUT2D eigenvalue weighted by atomic mass is 15.1. The van der Waals surface area contributed by atoms with Crippen molar-refractivity contribution in [3.8, 4) is 22.3 Å². The highest BCUT2D eigenvalue weighted by Crippen LogP contribution is 2.50. The van der Waals surface area contributed by atoms with Crippen LogP contribution in [-0.2, 0) is 0 Å². The number of anilines is 2. The first kappa shape index (κ1) is 18.2. The van der Waals surface area contributed by atoms with Crippen molar-refractivity contribution >= 4 is 50.7 Å². The van der Waals surface area contributed by atoms with E-state index in [1.54, 1.807) is 0 Å². The predicted molar refractivity (Wildman–Crippen MR) is 146 cm³/mol. The molecule has 0 aromatic heterocycles. The average Bonchev–Trinajstić information content (AvgIpc) is 2.92. The van der Waals surface area contributed by atoms with E-state index in [1.165, 1.54) is 66.1 Å². The molecule has 0 saturated carbocycles. The maximum Gasteiger partial charge on any atom is 0.329 e. The van der Waals surface area contributed by atoms with Crippen LogP contribution in [0.4, 0.5) is 11.4 Å². The quantitative estimate of drug-likeness (QED) is 0.238. The van der Waals surface area contributed by atoms with Gasteiger partial charge in [0, 0.05) is 33.3 Å². The average molecular weight is 429 g/mol. The normalized spacial score (nSPS) is 13.2. The molecule has 156 valence electrons. The fraction of sp³-hybridized carbons (Fsp3) is 0. The molecule has 0 aliphatic carbocycles. The zero-order chi connectivity index (χ0) is 22.2. The zero-order valence-corrected chi connectivity index (χ0v) is 18.6. The van der Waals surface area contributed by atoms with Crippen LogP contribution in [0.1, 0.15) is 0 Å². The smallest absolute Gasteiger partial charge is 0.329 e. The van der Waals surface area contributed by atoms with E-state index >= 15 is 0 Å². The Morgan fingerprint density at radius 2 is 0.824 bits per heavy atom. The Kier molecular flexibility index (Phi) is 3.54. The Morgan fingerprint density at radius 1 is 0.382 bits per heavy atom. The van der Waals surface area contributed by atoms with Crippen molar-refractivity contribution in [1.82, 2.24) is 0 Å². The van der Waals surface area contributed by atoms with Crippen LogP contribution in [0.5, 0.6) is 0 Å². The zero-order valence-electron chi connectivity index (χ0n) is 18.6.